The highest BCUT2D eigenvalue weighted by Crippen LogP contribution is 2.22. The van der Waals surface area contributed by atoms with Crippen LogP contribution in [0.3, 0.4) is 0 Å². The summed E-state index contributed by atoms with van der Waals surface area (Å²) in [6.45, 7) is 1.71. The number of nitrogens with zero attached hydrogens (tertiary/aromatic N) is 1. The fraction of sp³-hybridized carbons (Fsp3) is 0.154. The predicted octanol–water partition coefficient (Wildman–Crippen LogP) is 1.53. The molecule has 3 N–H and O–H groups in total. The van der Waals surface area contributed by atoms with Crippen molar-refractivity contribution >= 4 is 17.5 Å². The Morgan fingerprint density at radius 3 is 2.85 bits per heavy atom. The van der Waals surface area contributed by atoms with Crippen LogP contribution >= 0.6 is 0 Å². The van der Waals surface area contributed by atoms with Gasteiger partial charge in [-0.2, -0.15) is 0 Å². The maximum Gasteiger partial charge on any atom is 0.336 e. The number of carbonyl (C=O) groups is 1. The van der Waals surface area contributed by atoms with Gasteiger partial charge in [0.25, 0.3) is 5.56 Å². The zero-order valence-electron chi connectivity index (χ0n) is 10.9. The van der Waals surface area contributed by atoms with Crippen molar-refractivity contribution in [1.29, 1.82) is 0 Å². The quantitative estimate of drug-likeness (QED) is 0.781. The highest BCUT2D eigenvalue weighted by molar-refractivity contribution is 5.90. The molecule has 2 rings (SSSR count). The molecular formula is C13H13N3O4. The number of aromatic carboxylic acids is 1. The summed E-state index contributed by atoms with van der Waals surface area (Å²) < 4.78 is 4.96. The van der Waals surface area contributed by atoms with Crippen molar-refractivity contribution in [1.82, 2.24) is 9.97 Å². The number of ether oxygens (including phenoxy) is 1. The van der Waals surface area contributed by atoms with E-state index in [9.17, 15) is 9.59 Å². The first-order valence-electron chi connectivity index (χ1n) is 5.75. The number of carboxylic acid groups (broad SMARTS) is 1. The van der Waals surface area contributed by atoms with Crippen LogP contribution in [0.15, 0.2) is 29.3 Å². The van der Waals surface area contributed by atoms with Crippen molar-refractivity contribution in [2.24, 2.45) is 0 Å². The number of H-pyrrole nitrogens is 1. The van der Waals surface area contributed by atoms with Crippen LogP contribution in [0.1, 0.15) is 15.9 Å². The Morgan fingerprint density at radius 1 is 1.45 bits per heavy atom. The van der Waals surface area contributed by atoms with Gasteiger partial charge in [0.05, 0.1) is 19.0 Å². The minimum absolute atomic E-state index is 0.0324. The molecule has 1 heterocycles. The van der Waals surface area contributed by atoms with Gasteiger partial charge in [-0.3, -0.25) is 4.79 Å². The maximum atomic E-state index is 11.5. The van der Waals surface area contributed by atoms with Crippen LogP contribution in [0.2, 0.25) is 0 Å². The average molecular weight is 275 g/mol. The monoisotopic (exact) mass is 275 g/mol. The molecule has 0 fully saturated rings. The van der Waals surface area contributed by atoms with Crippen molar-refractivity contribution in [3.8, 4) is 5.75 Å². The van der Waals surface area contributed by atoms with Gasteiger partial charge in [0.15, 0.2) is 5.82 Å². The number of anilines is 2. The maximum absolute atomic E-state index is 11.5. The van der Waals surface area contributed by atoms with E-state index in [4.69, 9.17) is 9.84 Å². The van der Waals surface area contributed by atoms with Crippen LogP contribution in [0.5, 0.6) is 5.75 Å². The number of hydrogen-bond acceptors (Lipinski definition) is 5. The normalized spacial score (nSPS) is 10.1. The fourth-order valence-corrected chi connectivity index (χ4v) is 1.73. The first-order chi connectivity index (χ1) is 9.52. The second-order valence-corrected chi connectivity index (χ2v) is 4.07. The second-order valence-electron chi connectivity index (χ2n) is 4.07. The van der Waals surface area contributed by atoms with Crippen molar-refractivity contribution in [3.63, 3.8) is 0 Å². The largest absolute Gasteiger partial charge is 0.489 e. The fourth-order valence-electron chi connectivity index (χ4n) is 1.73. The van der Waals surface area contributed by atoms with E-state index in [0.717, 1.165) is 0 Å². The Hall–Kier alpha value is -2.83. The summed E-state index contributed by atoms with van der Waals surface area (Å²) in [6, 6.07) is 4.84. The smallest absolute Gasteiger partial charge is 0.336 e. The molecule has 0 amide bonds. The molecule has 1 aromatic carbocycles. The Labute approximate surface area is 114 Å². The van der Waals surface area contributed by atoms with Crippen LogP contribution in [0, 0.1) is 6.92 Å². The lowest BCUT2D eigenvalue weighted by molar-refractivity contribution is 0.0696. The first-order valence-corrected chi connectivity index (χ1v) is 5.75. The highest BCUT2D eigenvalue weighted by Gasteiger charge is 2.11. The van der Waals surface area contributed by atoms with Crippen molar-refractivity contribution in [3.05, 3.63) is 46.0 Å². The zero-order valence-corrected chi connectivity index (χ0v) is 10.9. The Balaban J connectivity index is 2.41. The third-order valence-corrected chi connectivity index (χ3v) is 2.75. The van der Waals surface area contributed by atoms with Gasteiger partial charge in [-0.05, 0) is 24.6 Å². The zero-order chi connectivity index (χ0) is 14.7. The summed E-state index contributed by atoms with van der Waals surface area (Å²) in [4.78, 5) is 29.0. The summed E-state index contributed by atoms with van der Waals surface area (Å²) >= 11 is 0. The second kappa shape index (κ2) is 5.43. The molecule has 1 aromatic heterocycles. The lowest BCUT2D eigenvalue weighted by atomic mass is 10.1. The Kier molecular flexibility index (Phi) is 3.69. The van der Waals surface area contributed by atoms with Crippen LogP contribution in [0.25, 0.3) is 0 Å². The molecule has 0 saturated heterocycles. The molecule has 2 aromatic rings. The number of aromatic amines is 1. The molecule has 7 nitrogen and oxygen atoms in total. The Morgan fingerprint density at radius 2 is 2.20 bits per heavy atom. The standard InChI is InChI=1S/C13H13N3O4/c1-7-3-4-8(5-9(7)13(18)19)16-11-10(20-2)12(17)15-6-14-11/h3-6H,1-2H3,(H,18,19)(H2,14,15,16,17). The van der Waals surface area contributed by atoms with Gasteiger partial charge in [-0.15, -0.1) is 0 Å². The number of hydrogen-bond donors (Lipinski definition) is 3. The van der Waals surface area contributed by atoms with Gasteiger partial charge in [-0.25, -0.2) is 9.78 Å². The van der Waals surface area contributed by atoms with E-state index in [1.54, 1.807) is 19.1 Å². The van der Waals surface area contributed by atoms with Crippen LogP contribution in [0.4, 0.5) is 11.5 Å². The summed E-state index contributed by atoms with van der Waals surface area (Å²) in [5.74, 6) is -0.765. The molecule has 0 radical (unpaired) electrons. The third kappa shape index (κ3) is 2.61. The number of aromatic nitrogens is 2. The van der Waals surface area contributed by atoms with Gasteiger partial charge in [-0.1, -0.05) is 6.07 Å². The van der Waals surface area contributed by atoms with E-state index in [1.165, 1.54) is 19.5 Å². The lowest BCUT2D eigenvalue weighted by Crippen LogP contribution is -2.12. The molecule has 0 aliphatic heterocycles. The molecule has 7 heteroatoms. The van der Waals surface area contributed by atoms with Gasteiger partial charge in [0, 0.05) is 5.69 Å². The SMILES string of the molecule is COc1c(Nc2ccc(C)c(C(=O)O)c2)nc[nH]c1=O. The minimum Gasteiger partial charge on any atom is -0.489 e. The Bertz CT molecular complexity index is 709. The van der Waals surface area contributed by atoms with Crippen molar-refractivity contribution in [2.45, 2.75) is 6.92 Å². The first kappa shape index (κ1) is 13.6. The summed E-state index contributed by atoms with van der Waals surface area (Å²) in [5.41, 5.74) is 0.910. The van der Waals surface area contributed by atoms with Crippen LogP contribution in [-0.4, -0.2) is 28.2 Å². The molecule has 0 bridgehead atoms. The summed E-state index contributed by atoms with van der Waals surface area (Å²) in [5, 5.41) is 11.9. The average Bonchev–Trinajstić information content (AvgIpc) is 2.41. The van der Waals surface area contributed by atoms with Gasteiger partial charge in [0.2, 0.25) is 5.75 Å². The van der Waals surface area contributed by atoms with E-state index in [0.29, 0.717) is 11.3 Å². The molecule has 0 aliphatic rings. The van der Waals surface area contributed by atoms with E-state index in [-0.39, 0.29) is 17.1 Å². The summed E-state index contributed by atoms with van der Waals surface area (Å²) in [7, 11) is 1.36. The predicted molar refractivity (Wildman–Crippen MR) is 72.8 cm³/mol. The number of benzene rings is 1. The minimum atomic E-state index is -1.02. The molecule has 20 heavy (non-hydrogen) atoms. The molecule has 0 atom stereocenters. The van der Waals surface area contributed by atoms with E-state index < -0.39 is 11.5 Å². The van der Waals surface area contributed by atoms with E-state index >= 15 is 0 Å². The third-order valence-electron chi connectivity index (χ3n) is 2.75. The van der Waals surface area contributed by atoms with Gasteiger partial charge >= 0.3 is 5.97 Å². The topological polar surface area (TPSA) is 104 Å². The molecule has 0 aliphatic carbocycles. The molecule has 0 spiro atoms. The van der Waals surface area contributed by atoms with E-state index in [2.05, 4.69) is 15.3 Å². The van der Waals surface area contributed by atoms with Gasteiger partial charge in [0.1, 0.15) is 0 Å². The van der Waals surface area contributed by atoms with Crippen molar-refractivity contribution < 1.29 is 14.6 Å². The van der Waals surface area contributed by atoms with Crippen molar-refractivity contribution in [2.75, 3.05) is 12.4 Å². The molecule has 104 valence electrons. The number of aryl methyl sites for hydroxylation is 1. The van der Waals surface area contributed by atoms with Crippen LogP contribution < -0.4 is 15.6 Å². The lowest BCUT2D eigenvalue weighted by Gasteiger charge is -2.10. The number of nitrogens with one attached hydrogen (secondary N) is 2. The van der Waals surface area contributed by atoms with Crippen LogP contribution in [-0.2, 0) is 0 Å². The number of methoxy groups -OCH3 is 1. The molecule has 0 unspecified atom stereocenters. The van der Waals surface area contributed by atoms with Gasteiger partial charge < -0.3 is 20.1 Å². The molecular weight excluding hydrogens is 262 g/mol. The van der Waals surface area contributed by atoms with E-state index in [1.807, 2.05) is 0 Å². The number of carboxylic acids is 1. The molecule has 0 saturated carbocycles. The number of rotatable bonds is 4. The highest BCUT2D eigenvalue weighted by atomic mass is 16.5. The summed E-state index contributed by atoms with van der Waals surface area (Å²) in [6.07, 6.45) is 1.24.